The van der Waals surface area contributed by atoms with Gasteiger partial charge in [0.15, 0.2) is 5.78 Å². The lowest BCUT2D eigenvalue weighted by Crippen LogP contribution is -2.32. The Kier molecular flexibility index (Phi) is 6.48. The SMILES string of the molecule is COc1ccccc1CCNCCCCC(=O)c1cc2c3c(c1)CCN3C(=O)CC2. The molecule has 158 valence electrons. The van der Waals surface area contributed by atoms with E-state index in [9.17, 15) is 9.59 Å². The number of nitrogens with one attached hydrogen (secondary N) is 1. The number of anilines is 1. The minimum Gasteiger partial charge on any atom is -0.496 e. The Hall–Kier alpha value is -2.66. The van der Waals surface area contributed by atoms with Crippen LogP contribution in [0, 0.1) is 0 Å². The molecule has 0 saturated carbocycles. The molecule has 0 saturated heterocycles. The van der Waals surface area contributed by atoms with Crippen molar-refractivity contribution in [3.63, 3.8) is 0 Å². The number of methoxy groups -OCH3 is 1. The summed E-state index contributed by atoms with van der Waals surface area (Å²) in [5.74, 6) is 1.38. The highest BCUT2D eigenvalue weighted by atomic mass is 16.5. The molecule has 4 rings (SSSR count). The van der Waals surface area contributed by atoms with Crippen LogP contribution < -0.4 is 15.0 Å². The zero-order valence-electron chi connectivity index (χ0n) is 17.7. The van der Waals surface area contributed by atoms with Gasteiger partial charge in [-0.1, -0.05) is 18.2 Å². The highest BCUT2D eigenvalue weighted by molar-refractivity contribution is 6.02. The van der Waals surface area contributed by atoms with Gasteiger partial charge >= 0.3 is 0 Å². The second-order valence-electron chi connectivity index (χ2n) is 8.13. The molecular weight excluding hydrogens is 376 g/mol. The molecule has 5 nitrogen and oxygen atoms in total. The molecule has 0 fully saturated rings. The van der Waals surface area contributed by atoms with E-state index in [4.69, 9.17) is 4.74 Å². The molecule has 2 aliphatic heterocycles. The third kappa shape index (κ3) is 4.41. The van der Waals surface area contributed by atoms with Crippen LogP contribution in [-0.4, -0.2) is 38.4 Å². The van der Waals surface area contributed by atoms with Gasteiger partial charge in [-0.2, -0.15) is 0 Å². The summed E-state index contributed by atoms with van der Waals surface area (Å²) in [6.07, 6.45) is 5.56. The molecule has 0 aromatic heterocycles. The largest absolute Gasteiger partial charge is 0.496 e. The Labute approximate surface area is 178 Å². The highest BCUT2D eigenvalue weighted by Gasteiger charge is 2.31. The average molecular weight is 407 g/mol. The van der Waals surface area contributed by atoms with E-state index in [-0.39, 0.29) is 11.7 Å². The number of hydrogen-bond donors (Lipinski definition) is 1. The first-order valence-corrected chi connectivity index (χ1v) is 11.0. The Balaban J connectivity index is 1.20. The third-order valence-corrected chi connectivity index (χ3v) is 6.14. The first-order chi connectivity index (χ1) is 14.7. The molecule has 1 N–H and O–H groups in total. The zero-order chi connectivity index (χ0) is 20.9. The van der Waals surface area contributed by atoms with Crippen LogP contribution in [0.15, 0.2) is 36.4 Å². The topological polar surface area (TPSA) is 58.6 Å². The van der Waals surface area contributed by atoms with Crippen molar-refractivity contribution in [2.45, 2.75) is 44.9 Å². The first kappa shape index (κ1) is 20.6. The summed E-state index contributed by atoms with van der Waals surface area (Å²) >= 11 is 0. The van der Waals surface area contributed by atoms with Crippen molar-refractivity contribution >= 4 is 17.4 Å². The lowest BCUT2D eigenvalue weighted by atomic mass is 9.94. The molecule has 2 aliphatic rings. The number of Topliss-reactive ketones (excluding diaryl/α,β-unsaturated/α-hetero) is 1. The summed E-state index contributed by atoms with van der Waals surface area (Å²) in [6.45, 7) is 2.58. The van der Waals surface area contributed by atoms with Crippen LogP contribution in [0.2, 0.25) is 0 Å². The normalized spacial score (nSPS) is 14.7. The van der Waals surface area contributed by atoms with Gasteiger partial charge in [0.2, 0.25) is 5.91 Å². The van der Waals surface area contributed by atoms with Crippen LogP contribution in [-0.2, 0) is 24.1 Å². The number of unbranched alkanes of at least 4 members (excludes halogenated alkanes) is 1. The molecule has 30 heavy (non-hydrogen) atoms. The summed E-state index contributed by atoms with van der Waals surface area (Å²) in [5, 5.41) is 3.46. The lowest BCUT2D eigenvalue weighted by molar-refractivity contribution is -0.118. The Morgan fingerprint density at radius 1 is 1.07 bits per heavy atom. The Morgan fingerprint density at radius 3 is 2.70 bits per heavy atom. The van der Waals surface area contributed by atoms with Crippen LogP contribution in [0.3, 0.4) is 0 Å². The van der Waals surface area contributed by atoms with Crippen LogP contribution >= 0.6 is 0 Å². The van der Waals surface area contributed by atoms with Gasteiger partial charge in [-0.15, -0.1) is 0 Å². The number of rotatable bonds is 10. The van der Waals surface area contributed by atoms with Crippen LogP contribution in [0.1, 0.15) is 52.7 Å². The second kappa shape index (κ2) is 9.43. The van der Waals surface area contributed by atoms with Gasteiger partial charge in [-0.05, 0) is 80.1 Å². The molecule has 0 bridgehead atoms. The van der Waals surface area contributed by atoms with Gasteiger partial charge in [0, 0.05) is 24.9 Å². The molecule has 0 spiro atoms. The monoisotopic (exact) mass is 406 g/mol. The fourth-order valence-corrected chi connectivity index (χ4v) is 4.56. The molecular formula is C25H30N2O3. The number of para-hydroxylation sites is 1. The van der Waals surface area contributed by atoms with Crippen molar-refractivity contribution in [1.29, 1.82) is 0 Å². The van der Waals surface area contributed by atoms with Gasteiger partial charge in [0.05, 0.1) is 12.8 Å². The van der Waals surface area contributed by atoms with E-state index in [0.717, 1.165) is 68.7 Å². The summed E-state index contributed by atoms with van der Waals surface area (Å²) in [6, 6.07) is 12.1. The fourth-order valence-electron chi connectivity index (χ4n) is 4.56. The summed E-state index contributed by atoms with van der Waals surface area (Å²) < 4.78 is 5.38. The number of ketones is 1. The maximum Gasteiger partial charge on any atom is 0.227 e. The summed E-state index contributed by atoms with van der Waals surface area (Å²) in [4.78, 5) is 26.7. The molecule has 0 unspecified atom stereocenters. The van der Waals surface area contributed by atoms with Gasteiger partial charge < -0.3 is 15.0 Å². The van der Waals surface area contributed by atoms with Crippen molar-refractivity contribution < 1.29 is 14.3 Å². The average Bonchev–Trinajstić information content (AvgIpc) is 3.21. The molecule has 5 heteroatoms. The summed E-state index contributed by atoms with van der Waals surface area (Å²) in [7, 11) is 1.70. The van der Waals surface area contributed by atoms with Crippen LogP contribution in [0.25, 0.3) is 0 Å². The maximum atomic E-state index is 12.7. The smallest absolute Gasteiger partial charge is 0.227 e. The van der Waals surface area contributed by atoms with Crippen molar-refractivity contribution in [3.8, 4) is 5.75 Å². The number of aryl methyl sites for hydroxylation is 1. The predicted octanol–water partition coefficient (Wildman–Crippen LogP) is 3.72. The number of carbonyl (C=O) groups excluding carboxylic acids is 2. The van der Waals surface area contributed by atoms with E-state index in [1.54, 1.807) is 7.11 Å². The first-order valence-electron chi connectivity index (χ1n) is 11.0. The number of hydrogen-bond acceptors (Lipinski definition) is 4. The third-order valence-electron chi connectivity index (χ3n) is 6.14. The van der Waals surface area contributed by atoms with Gasteiger partial charge in [0.25, 0.3) is 0 Å². The maximum absolute atomic E-state index is 12.7. The number of carbonyl (C=O) groups is 2. The lowest BCUT2D eigenvalue weighted by Gasteiger charge is -2.25. The number of nitrogens with zero attached hydrogens (tertiary/aromatic N) is 1. The Bertz CT molecular complexity index is 938. The van der Waals surface area contributed by atoms with E-state index in [2.05, 4.69) is 11.4 Å². The molecule has 0 radical (unpaired) electrons. The quantitative estimate of drug-likeness (QED) is 0.483. The Morgan fingerprint density at radius 2 is 1.87 bits per heavy atom. The standard InChI is InChI=1S/C25H30N2O3/c1-30-23-8-3-2-6-18(23)11-14-26-13-5-4-7-22(28)21-16-19-9-10-24(29)27-15-12-20(17-21)25(19)27/h2-3,6,8,16-17,26H,4-5,7,9-15H2,1H3. The van der Waals surface area contributed by atoms with E-state index < -0.39 is 0 Å². The fraction of sp³-hybridized carbons (Fsp3) is 0.440. The molecule has 2 aromatic rings. The van der Waals surface area contributed by atoms with Crippen LogP contribution in [0.5, 0.6) is 5.75 Å². The molecule has 0 atom stereocenters. The molecule has 2 heterocycles. The van der Waals surface area contributed by atoms with Gasteiger partial charge in [-0.3, -0.25) is 9.59 Å². The minimum atomic E-state index is 0.221. The number of benzene rings is 2. The summed E-state index contributed by atoms with van der Waals surface area (Å²) in [5.41, 5.74) is 5.46. The van der Waals surface area contributed by atoms with Crippen molar-refractivity contribution in [1.82, 2.24) is 5.32 Å². The van der Waals surface area contributed by atoms with Crippen molar-refractivity contribution in [2.75, 3.05) is 31.6 Å². The number of ether oxygens (including phenoxy) is 1. The van der Waals surface area contributed by atoms with Gasteiger partial charge in [0.1, 0.15) is 5.75 Å². The van der Waals surface area contributed by atoms with E-state index in [0.29, 0.717) is 12.8 Å². The minimum absolute atomic E-state index is 0.221. The van der Waals surface area contributed by atoms with E-state index >= 15 is 0 Å². The van der Waals surface area contributed by atoms with E-state index in [1.807, 2.05) is 35.2 Å². The molecule has 0 aliphatic carbocycles. The van der Waals surface area contributed by atoms with E-state index in [1.165, 1.54) is 16.7 Å². The van der Waals surface area contributed by atoms with Gasteiger partial charge in [-0.25, -0.2) is 0 Å². The molecule has 2 aromatic carbocycles. The molecule has 1 amide bonds. The van der Waals surface area contributed by atoms with Crippen LogP contribution in [0.4, 0.5) is 5.69 Å². The van der Waals surface area contributed by atoms with Crippen molar-refractivity contribution in [3.05, 3.63) is 58.7 Å². The number of amides is 1. The van der Waals surface area contributed by atoms with Crippen molar-refractivity contribution in [2.24, 2.45) is 0 Å². The predicted molar refractivity (Wildman–Crippen MR) is 119 cm³/mol. The highest BCUT2D eigenvalue weighted by Crippen LogP contribution is 2.37. The second-order valence-corrected chi connectivity index (χ2v) is 8.13. The zero-order valence-corrected chi connectivity index (χ0v) is 17.7.